The number of methoxy groups -OCH3 is 3. The highest BCUT2D eigenvalue weighted by atomic mass is 35.5. The standard InChI is InChI=1S/C26H33ClN2O3S/c1-25(2,3)22-23(31-6)29-26(4,24(28-22)32-7)15-14-17-12-13-18(16-19(17)27)33-21-11-9-8-10-20(21)30-5/h8-13,16,22H,14-15H2,1-7H3/t22-,26-/m0/s1. The molecule has 7 heteroatoms. The zero-order valence-electron chi connectivity index (χ0n) is 20.4. The Labute approximate surface area is 206 Å². The van der Waals surface area contributed by atoms with Crippen LogP contribution in [0, 0.1) is 5.41 Å². The summed E-state index contributed by atoms with van der Waals surface area (Å²) >= 11 is 8.30. The summed E-state index contributed by atoms with van der Waals surface area (Å²) in [6.45, 7) is 8.40. The topological polar surface area (TPSA) is 52.4 Å². The van der Waals surface area contributed by atoms with Crippen molar-refractivity contribution in [1.29, 1.82) is 0 Å². The normalized spacial score (nSPS) is 20.7. The fourth-order valence-corrected chi connectivity index (χ4v) is 5.13. The Bertz CT molecular complexity index is 1050. The minimum absolute atomic E-state index is 0.127. The monoisotopic (exact) mass is 488 g/mol. The molecule has 1 heterocycles. The molecule has 5 nitrogen and oxygen atoms in total. The van der Waals surface area contributed by atoms with Gasteiger partial charge in [0, 0.05) is 9.92 Å². The number of nitrogens with zero attached hydrogens (tertiary/aromatic N) is 2. The van der Waals surface area contributed by atoms with Crippen molar-refractivity contribution in [1.82, 2.24) is 0 Å². The molecule has 178 valence electrons. The van der Waals surface area contributed by atoms with Crippen LogP contribution in [0.5, 0.6) is 5.75 Å². The third-order valence-corrected chi connectivity index (χ3v) is 7.12. The Balaban J connectivity index is 1.78. The quantitative estimate of drug-likeness (QED) is 0.453. The van der Waals surface area contributed by atoms with Gasteiger partial charge in [-0.05, 0) is 55.0 Å². The van der Waals surface area contributed by atoms with Gasteiger partial charge in [0.15, 0.2) is 0 Å². The van der Waals surface area contributed by atoms with Crippen LogP contribution in [0.1, 0.15) is 39.7 Å². The van der Waals surface area contributed by atoms with Crippen molar-refractivity contribution in [2.24, 2.45) is 15.4 Å². The number of halogens is 1. The van der Waals surface area contributed by atoms with Crippen LogP contribution < -0.4 is 4.74 Å². The van der Waals surface area contributed by atoms with Gasteiger partial charge in [0.05, 0.1) is 26.2 Å². The maximum atomic E-state index is 6.68. The molecule has 2 aromatic rings. The number of ether oxygens (including phenoxy) is 3. The Morgan fingerprint density at radius 1 is 1.03 bits per heavy atom. The molecule has 0 bridgehead atoms. The third kappa shape index (κ3) is 5.85. The van der Waals surface area contributed by atoms with Crippen molar-refractivity contribution in [3.05, 3.63) is 53.1 Å². The van der Waals surface area contributed by atoms with Gasteiger partial charge in [-0.3, -0.25) is 0 Å². The Morgan fingerprint density at radius 2 is 1.76 bits per heavy atom. The molecule has 0 aliphatic carbocycles. The zero-order chi connectivity index (χ0) is 24.2. The number of hydrogen-bond donors (Lipinski definition) is 0. The summed E-state index contributed by atoms with van der Waals surface area (Å²) in [5.74, 6) is 2.11. The van der Waals surface area contributed by atoms with Gasteiger partial charge in [0.1, 0.15) is 17.3 Å². The first-order chi connectivity index (χ1) is 15.6. The second-order valence-electron chi connectivity index (χ2n) is 9.34. The fraction of sp³-hybridized carbons (Fsp3) is 0.462. The smallest absolute Gasteiger partial charge is 0.212 e. The number of hydrogen-bond acceptors (Lipinski definition) is 6. The second kappa shape index (κ2) is 10.4. The molecule has 2 atom stereocenters. The number of aryl methyl sites for hydroxylation is 1. The molecule has 1 aliphatic rings. The van der Waals surface area contributed by atoms with Crippen LogP contribution in [0.2, 0.25) is 5.02 Å². The molecule has 0 N–H and O–H groups in total. The van der Waals surface area contributed by atoms with Gasteiger partial charge in [-0.15, -0.1) is 0 Å². The third-order valence-electron chi connectivity index (χ3n) is 5.72. The van der Waals surface area contributed by atoms with E-state index >= 15 is 0 Å². The fourth-order valence-electron chi connectivity index (χ4n) is 3.82. The van der Waals surface area contributed by atoms with E-state index < -0.39 is 5.54 Å². The van der Waals surface area contributed by atoms with Crippen molar-refractivity contribution in [3.8, 4) is 5.75 Å². The summed E-state index contributed by atoms with van der Waals surface area (Å²) in [6.07, 6.45) is 1.43. The van der Waals surface area contributed by atoms with E-state index in [1.54, 1.807) is 33.1 Å². The van der Waals surface area contributed by atoms with Crippen LogP contribution in [0.25, 0.3) is 0 Å². The van der Waals surface area contributed by atoms with E-state index in [4.69, 9.17) is 35.8 Å². The minimum atomic E-state index is -0.615. The lowest BCUT2D eigenvalue weighted by molar-refractivity contribution is 0.272. The largest absolute Gasteiger partial charge is 0.496 e. The molecule has 3 rings (SSSR count). The van der Waals surface area contributed by atoms with Crippen molar-refractivity contribution < 1.29 is 14.2 Å². The Morgan fingerprint density at radius 3 is 2.36 bits per heavy atom. The van der Waals surface area contributed by atoms with E-state index in [9.17, 15) is 0 Å². The maximum absolute atomic E-state index is 6.68. The van der Waals surface area contributed by atoms with Gasteiger partial charge in [-0.2, -0.15) is 0 Å². The molecule has 0 fully saturated rings. The van der Waals surface area contributed by atoms with E-state index in [0.29, 0.717) is 18.2 Å². The van der Waals surface area contributed by atoms with Gasteiger partial charge in [0.25, 0.3) is 0 Å². The molecule has 0 saturated carbocycles. The molecule has 1 aliphatic heterocycles. The van der Waals surface area contributed by atoms with Crippen molar-refractivity contribution in [2.45, 2.75) is 61.9 Å². The summed E-state index contributed by atoms with van der Waals surface area (Å²) in [5.41, 5.74) is 0.318. The lowest BCUT2D eigenvalue weighted by Crippen LogP contribution is -2.47. The first kappa shape index (κ1) is 25.4. The van der Waals surface area contributed by atoms with Crippen LogP contribution in [-0.2, 0) is 15.9 Å². The first-order valence-electron chi connectivity index (χ1n) is 11.0. The van der Waals surface area contributed by atoms with Crippen molar-refractivity contribution in [3.63, 3.8) is 0 Å². The van der Waals surface area contributed by atoms with Crippen LogP contribution in [0.4, 0.5) is 0 Å². The van der Waals surface area contributed by atoms with E-state index in [0.717, 1.165) is 32.5 Å². The highest BCUT2D eigenvalue weighted by Gasteiger charge is 2.42. The van der Waals surface area contributed by atoms with Gasteiger partial charge < -0.3 is 14.2 Å². The molecule has 0 saturated heterocycles. The van der Waals surface area contributed by atoms with E-state index in [-0.39, 0.29) is 11.5 Å². The predicted molar refractivity (Wildman–Crippen MR) is 137 cm³/mol. The first-order valence-corrected chi connectivity index (χ1v) is 12.2. The Hall–Kier alpha value is -2.18. The summed E-state index contributed by atoms with van der Waals surface area (Å²) in [5, 5.41) is 0.730. The number of benzene rings is 2. The Kier molecular flexibility index (Phi) is 8.01. The summed E-state index contributed by atoms with van der Waals surface area (Å²) < 4.78 is 16.8. The highest BCUT2D eigenvalue weighted by Crippen LogP contribution is 2.37. The molecule has 0 aromatic heterocycles. The lowest BCUT2D eigenvalue weighted by atomic mass is 9.84. The summed E-state index contributed by atoms with van der Waals surface area (Å²) in [4.78, 5) is 11.9. The van der Waals surface area contributed by atoms with Crippen LogP contribution in [0.3, 0.4) is 0 Å². The molecule has 0 radical (unpaired) electrons. The van der Waals surface area contributed by atoms with Crippen molar-refractivity contribution in [2.75, 3.05) is 21.3 Å². The van der Waals surface area contributed by atoms with E-state index in [1.807, 2.05) is 37.3 Å². The highest BCUT2D eigenvalue weighted by molar-refractivity contribution is 7.99. The zero-order valence-corrected chi connectivity index (χ0v) is 22.0. The molecule has 0 unspecified atom stereocenters. The molecule has 33 heavy (non-hydrogen) atoms. The van der Waals surface area contributed by atoms with Crippen LogP contribution in [-0.4, -0.2) is 44.7 Å². The van der Waals surface area contributed by atoms with Crippen molar-refractivity contribution >= 4 is 35.2 Å². The number of aliphatic imine (C=N–C) groups is 2. The second-order valence-corrected chi connectivity index (χ2v) is 10.9. The maximum Gasteiger partial charge on any atom is 0.212 e. The molecular formula is C26H33ClN2O3S. The average molecular weight is 489 g/mol. The molecule has 0 spiro atoms. The average Bonchev–Trinajstić information content (AvgIpc) is 2.77. The van der Waals surface area contributed by atoms with Crippen LogP contribution in [0.15, 0.2) is 62.2 Å². The molecule has 0 amide bonds. The predicted octanol–water partition coefficient (Wildman–Crippen LogP) is 6.71. The minimum Gasteiger partial charge on any atom is -0.496 e. The number of rotatable bonds is 6. The SMILES string of the molecule is COC1=N[C@@](C)(CCc2ccc(Sc3ccccc3OC)cc2Cl)C(OC)=N[C@@H]1C(C)(C)C. The lowest BCUT2D eigenvalue weighted by Gasteiger charge is -2.37. The summed E-state index contributed by atoms with van der Waals surface area (Å²) in [6, 6.07) is 13.9. The molecular weight excluding hydrogens is 456 g/mol. The van der Waals surface area contributed by atoms with Gasteiger partial charge in [-0.1, -0.05) is 62.3 Å². The van der Waals surface area contributed by atoms with Gasteiger partial charge >= 0.3 is 0 Å². The van der Waals surface area contributed by atoms with Gasteiger partial charge in [0.2, 0.25) is 11.8 Å². The summed E-state index contributed by atoms with van der Waals surface area (Å²) in [7, 11) is 4.99. The van der Waals surface area contributed by atoms with E-state index in [1.165, 1.54) is 0 Å². The van der Waals surface area contributed by atoms with Gasteiger partial charge in [-0.25, -0.2) is 9.98 Å². The molecule has 2 aromatic carbocycles. The number of para-hydroxylation sites is 1. The van der Waals surface area contributed by atoms with Crippen LogP contribution >= 0.6 is 23.4 Å². The van der Waals surface area contributed by atoms with E-state index in [2.05, 4.69) is 32.9 Å².